The lowest BCUT2D eigenvalue weighted by molar-refractivity contribution is 0.0264. The molecule has 0 aliphatic carbocycles. The zero-order valence-corrected chi connectivity index (χ0v) is 9.90. The summed E-state index contributed by atoms with van der Waals surface area (Å²) in [5.74, 6) is -0.162. The Morgan fingerprint density at radius 1 is 1.47 bits per heavy atom. The van der Waals surface area contributed by atoms with Crippen molar-refractivity contribution in [2.45, 2.75) is 18.9 Å². The van der Waals surface area contributed by atoms with Crippen LogP contribution in [0.2, 0.25) is 0 Å². The third kappa shape index (κ3) is 3.05. The van der Waals surface area contributed by atoms with Crippen molar-refractivity contribution in [1.29, 1.82) is 0 Å². The molecule has 4 nitrogen and oxygen atoms in total. The summed E-state index contributed by atoms with van der Waals surface area (Å²) in [6, 6.07) is 7.34. The molecule has 2 rings (SSSR count). The Balaban J connectivity index is 1.91. The number of carbonyl (C=O) groups excluding carboxylic acids is 1. The first-order valence-corrected chi connectivity index (χ1v) is 5.74. The number of hydrogen-bond acceptors (Lipinski definition) is 3. The molecule has 1 amide bonds. The van der Waals surface area contributed by atoms with Gasteiger partial charge in [0.15, 0.2) is 0 Å². The van der Waals surface area contributed by atoms with Crippen molar-refractivity contribution in [1.82, 2.24) is 5.32 Å². The smallest absolute Gasteiger partial charge is 0.251 e. The number of benzene rings is 1. The van der Waals surface area contributed by atoms with Crippen LogP contribution in [0.25, 0.3) is 0 Å². The Morgan fingerprint density at radius 3 is 2.76 bits per heavy atom. The van der Waals surface area contributed by atoms with Gasteiger partial charge in [0, 0.05) is 25.1 Å². The van der Waals surface area contributed by atoms with Gasteiger partial charge in [-0.25, -0.2) is 0 Å². The average molecular weight is 235 g/mol. The molecule has 1 heterocycles. The van der Waals surface area contributed by atoms with Crippen LogP contribution >= 0.6 is 0 Å². The van der Waals surface area contributed by atoms with Crippen molar-refractivity contribution < 1.29 is 14.6 Å². The molecule has 1 aromatic carbocycles. The van der Waals surface area contributed by atoms with Crippen molar-refractivity contribution in [2.24, 2.45) is 0 Å². The summed E-state index contributed by atoms with van der Waals surface area (Å²) in [6.07, 6.45) is 0.571. The topological polar surface area (TPSA) is 58.6 Å². The van der Waals surface area contributed by atoms with Crippen LogP contribution in [0.1, 0.15) is 22.3 Å². The highest BCUT2D eigenvalue weighted by Crippen LogP contribution is 2.17. The molecule has 0 saturated carbocycles. The highest BCUT2D eigenvalue weighted by molar-refractivity contribution is 5.94. The van der Waals surface area contributed by atoms with Gasteiger partial charge in [0.2, 0.25) is 0 Å². The summed E-state index contributed by atoms with van der Waals surface area (Å²) in [4.78, 5) is 11.8. The molecule has 1 saturated heterocycles. The maximum atomic E-state index is 11.8. The lowest BCUT2D eigenvalue weighted by Crippen LogP contribution is -2.43. The Bertz CT molecular complexity index is 394. The Labute approximate surface area is 101 Å². The third-order valence-electron chi connectivity index (χ3n) is 2.97. The van der Waals surface area contributed by atoms with E-state index in [0.29, 0.717) is 25.2 Å². The molecule has 92 valence electrons. The van der Waals surface area contributed by atoms with Gasteiger partial charge in [-0.15, -0.1) is 0 Å². The normalized spacial score (nSPS) is 23.6. The van der Waals surface area contributed by atoms with Gasteiger partial charge in [0.25, 0.3) is 5.91 Å². The van der Waals surface area contributed by atoms with Crippen LogP contribution in [-0.4, -0.2) is 36.4 Å². The number of nitrogens with one attached hydrogen (secondary N) is 1. The number of amides is 1. The standard InChI is InChI=1S/C13H17NO3/c1-10-2-4-11(5-3-10)12(15)14-8-13(16)6-7-17-9-13/h2-5,16H,6-9H2,1H3,(H,14,15)/t13-/m1/s1. The van der Waals surface area contributed by atoms with Gasteiger partial charge in [0.1, 0.15) is 5.60 Å². The first-order chi connectivity index (χ1) is 8.09. The summed E-state index contributed by atoms with van der Waals surface area (Å²) in [7, 11) is 0. The van der Waals surface area contributed by atoms with E-state index in [-0.39, 0.29) is 12.5 Å². The zero-order valence-electron chi connectivity index (χ0n) is 9.90. The number of carbonyl (C=O) groups is 1. The van der Waals surface area contributed by atoms with E-state index in [9.17, 15) is 9.90 Å². The number of rotatable bonds is 3. The molecule has 0 radical (unpaired) electrons. The summed E-state index contributed by atoms with van der Waals surface area (Å²) >= 11 is 0. The molecular weight excluding hydrogens is 218 g/mol. The second-order valence-corrected chi connectivity index (χ2v) is 4.58. The first kappa shape index (κ1) is 12.1. The van der Waals surface area contributed by atoms with Crippen LogP contribution in [0.15, 0.2) is 24.3 Å². The van der Waals surface area contributed by atoms with Crippen molar-refractivity contribution >= 4 is 5.91 Å². The minimum absolute atomic E-state index is 0.162. The first-order valence-electron chi connectivity index (χ1n) is 5.74. The van der Waals surface area contributed by atoms with Crippen LogP contribution in [0.3, 0.4) is 0 Å². The monoisotopic (exact) mass is 235 g/mol. The van der Waals surface area contributed by atoms with Gasteiger partial charge < -0.3 is 15.2 Å². The lowest BCUT2D eigenvalue weighted by Gasteiger charge is -2.20. The Hall–Kier alpha value is -1.39. The maximum absolute atomic E-state index is 11.8. The molecule has 1 atom stereocenters. The van der Waals surface area contributed by atoms with Crippen LogP contribution in [-0.2, 0) is 4.74 Å². The van der Waals surface area contributed by atoms with Crippen LogP contribution in [0, 0.1) is 6.92 Å². The molecule has 0 bridgehead atoms. The van der Waals surface area contributed by atoms with E-state index in [1.54, 1.807) is 12.1 Å². The maximum Gasteiger partial charge on any atom is 0.251 e. The highest BCUT2D eigenvalue weighted by Gasteiger charge is 2.32. The Kier molecular flexibility index (Phi) is 3.45. The van der Waals surface area contributed by atoms with Crippen LogP contribution in [0.4, 0.5) is 0 Å². The van der Waals surface area contributed by atoms with Crippen molar-refractivity contribution in [3.63, 3.8) is 0 Å². The van der Waals surface area contributed by atoms with Gasteiger partial charge in [-0.05, 0) is 19.1 Å². The average Bonchev–Trinajstić information content (AvgIpc) is 2.75. The van der Waals surface area contributed by atoms with E-state index in [2.05, 4.69) is 5.32 Å². The van der Waals surface area contributed by atoms with Gasteiger partial charge in [-0.1, -0.05) is 17.7 Å². The summed E-state index contributed by atoms with van der Waals surface area (Å²) in [6.45, 7) is 3.05. The molecule has 0 spiro atoms. The van der Waals surface area contributed by atoms with Crippen molar-refractivity contribution in [3.05, 3.63) is 35.4 Å². The van der Waals surface area contributed by atoms with Gasteiger partial charge in [-0.2, -0.15) is 0 Å². The van der Waals surface area contributed by atoms with Gasteiger partial charge in [-0.3, -0.25) is 4.79 Å². The minimum Gasteiger partial charge on any atom is -0.386 e. The molecule has 1 fully saturated rings. The molecule has 17 heavy (non-hydrogen) atoms. The van der Waals surface area contributed by atoms with Gasteiger partial charge >= 0.3 is 0 Å². The molecule has 2 N–H and O–H groups in total. The molecule has 0 unspecified atom stereocenters. The fourth-order valence-electron chi connectivity index (χ4n) is 1.79. The fourth-order valence-corrected chi connectivity index (χ4v) is 1.79. The molecular formula is C13H17NO3. The number of hydrogen-bond donors (Lipinski definition) is 2. The molecule has 1 aliphatic heterocycles. The fraction of sp³-hybridized carbons (Fsp3) is 0.462. The van der Waals surface area contributed by atoms with Crippen molar-refractivity contribution in [3.8, 4) is 0 Å². The summed E-state index contributed by atoms with van der Waals surface area (Å²) in [5.41, 5.74) is 0.822. The second-order valence-electron chi connectivity index (χ2n) is 4.58. The number of aryl methyl sites for hydroxylation is 1. The Morgan fingerprint density at radius 2 is 2.18 bits per heavy atom. The van der Waals surface area contributed by atoms with E-state index in [1.165, 1.54) is 0 Å². The summed E-state index contributed by atoms with van der Waals surface area (Å²) < 4.78 is 5.11. The SMILES string of the molecule is Cc1ccc(C(=O)NC[C@]2(O)CCOC2)cc1. The largest absolute Gasteiger partial charge is 0.386 e. The van der Waals surface area contributed by atoms with E-state index in [1.807, 2.05) is 19.1 Å². The molecule has 1 aromatic rings. The zero-order chi connectivity index (χ0) is 12.3. The minimum atomic E-state index is -0.902. The second kappa shape index (κ2) is 4.85. The quantitative estimate of drug-likeness (QED) is 0.817. The van der Waals surface area contributed by atoms with Crippen molar-refractivity contribution in [2.75, 3.05) is 19.8 Å². The predicted octanol–water partition coefficient (Wildman–Crippen LogP) is 0.876. The van der Waals surface area contributed by atoms with E-state index < -0.39 is 5.60 Å². The number of aliphatic hydroxyl groups is 1. The van der Waals surface area contributed by atoms with Crippen LogP contribution in [0.5, 0.6) is 0 Å². The molecule has 0 aromatic heterocycles. The lowest BCUT2D eigenvalue weighted by atomic mass is 10.0. The third-order valence-corrected chi connectivity index (χ3v) is 2.97. The number of ether oxygens (including phenoxy) is 1. The van der Waals surface area contributed by atoms with E-state index in [0.717, 1.165) is 5.56 Å². The summed E-state index contributed by atoms with van der Waals surface area (Å²) in [5, 5.41) is 12.7. The highest BCUT2D eigenvalue weighted by atomic mass is 16.5. The predicted molar refractivity (Wildman–Crippen MR) is 63.9 cm³/mol. The molecule has 1 aliphatic rings. The van der Waals surface area contributed by atoms with Crippen LogP contribution < -0.4 is 5.32 Å². The van der Waals surface area contributed by atoms with E-state index >= 15 is 0 Å². The van der Waals surface area contributed by atoms with E-state index in [4.69, 9.17) is 4.74 Å². The molecule has 4 heteroatoms. The van der Waals surface area contributed by atoms with Gasteiger partial charge in [0.05, 0.1) is 6.61 Å².